The zero-order valence-corrected chi connectivity index (χ0v) is 12.7. The van der Waals surface area contributed by atoms with Crippen LogP contribution in [0.25, 0.3) is 0 Å². The Morgan fingerprint density at radius 2 is 2.22 bits per heavy atom. The molecule has 0 heterocycles. The van der Waals surface area contributed by atoms with Crippen molar-refractivity contribution in [1.29, 1.82) is 0 Å². The molecule has 0 aliphatic heterocycles. The summed E-state index contributed by atoms with van der Waals surface area (Å²) in [6.07, 6.45) is 4.97. The van der Waals surface area contributed by atoms with Crippen molar-refractivity contribution in [2.45, 2.75) is 52.1 Å². The van der Waals surface area contributed by atoms with E-state index in [-0.39, 0.29) is 5.82 Å². The van der Waals surface area contributed by atoms with Gasteiger partial charge in [-0.2, -0.15) is 0 Å². The van der Waals surface area contributed by atoms with E-state index in [1.165, 1.54) is 31.7 Å². The molecule has 1 aromatic rings. The van der Waals surface area contributed by atoms with Crippen LogP contribution in [0.3, 0.4) is 0 Å². The van der Waals surface area contributed by atoms with Crippen LogP contribution in [0.2, 0.25) is 0 Å². The smallest absolute Gasteiger partial charge is 0.128 e. The molecule has 3 heteroatoms. The standard InChI is InChI=1S/C15H21BrFN/c1-15(2)7-3-4-13(9-15)18-10-11-5-6-12(16)8-14(11)17/h5-6,8,13,18H,3-4,7,9-10H2,1-2H3. The molecule has 1 fully saturated rings. The monoisotopic (exact) mass is 313 g/mol. The van der Waals surface area contributed by atoms with E-state index in [9.17, 15) is 4.39 Å². The molecule has 2 rings (SSSR count). The maximum Gasteiger partial charge on any atom is 0.128 e. The number of nitrogens with one attached hydrogen (secondary N) is 1. The second-order valence-corrected chi connectivity index (χ2v) is 6.99. The maximum atomic E-state index is 13.7. The molecule has 1 N–H and O–H groups in total. The normalized spacial score (nSPS) is 23.0. The topological polar surface area (TPSA) is 12.0 Å². The second-order valence-electron chi connectivity index (χ2n) is 6.07. The Kier molecular flexibility index (Phi) is 4.44. The van der Waals surface area contributed by atoms with Gasteiger partial charge in [0.25, 0.3) is 0 Å². The Morgan fingerprint density at radius 3 is 2.89 bits per heavy atom. The van der Waals surface area contributed by atoms with Crippen molar-refractivity contribution in [1.82, 2.24) is 5.32 Å². The van der Waals surface area contributed by atoms with Crippen molar-refractivity contribution in [3.05, 3.63) is 34.1 Å². The molecule has 18 heavy (non-hydrogen) atoms. The molecule has 1 aromatic carbocycles. The molecule has 0 spiro atoms. The average Bonchev–Trinajstić information content (AvgIpc) is 2.26. The molecular formula is C15H21BrFN. The lowest BCUT2D eigenvalue weighted by Crippen LogP contribution is -2.37. The molecule has 1 nitrogen and oxygen atoms in total. The number of benzene rings is 1. The summed E-state index contributed by atoms with van der Waals surface area (Å²) in [5.41, 5.74) is 1.18. The summed E-state index contributed by atoms with van der Waals surface area (Å²) in [7, 11) is 0. The Labute approximate surface area is 117 Å². The summed E-state index contributed by atoms with van der Waals surface area (Å²) in [6, 6.07) is 5.80. The Balaban J connectivity index is 1.91. The van der Waals surface area contributed by atoms with E-state index < -0.39 is 0 Å². The summed E-state index contributed by atoms with van der Waals surface area (Å²) < 4.78 is 14.5. The van der Waals surface area contributed by atoms with Crippen molar-refractivity contribution in [3.63, 3.8) is 0 Å². The second kappa shape index (κ2) is 5.70. The van der Waals surface area contributed by atoms with E-state index in [4.69, 9.17) is 0 Å². The van der Waals surface area contributed by atoms with Gasteiger partial charge in [0.1, 0.15) is 5.82 Å². The van der Waals surface area contributed by atoms with Gasteiger partial charge < -0.3 is 5.32 Å². The van der Waals surface area contributed by atoms with Crippen LogP contribution >= 0.6 is 15.9 Å². The lowest BCUT2D eigenvalue weighted by atomic mass is 9.75. The SMILES string of the molecule is CC1(C)CCCC(NCc2ccc(Br)cc2F)C1. The van der Waals surface area contributed by atoms with Gasteiger partial charge in [-0.3, -0.25) is 0 Å². The molecule has 1 saturated carbocycles. The minimum atomic E-state index is -0.132. The van der Waals surface area contributed by atoms with Crippen LogP contribution in [0.5, 0.6) is 0 Å². The van der Waals surface area contributed by atoms with E-state index >= 15 is 0 Å². The first-order valence-corrected chi connectivity index (χ1v) is 7.43. The molecule has 1 unspecified atom stereocenters. The highest BCUT2D eigenvalue weighted by molar-refractivity contribution is 9.10. The minimum absolute atomic E-state index is 0.132. The van der Waals surface area contributed by atoms with Gasteiger partial charge in [0.05, 0.1) is 0 Å². The molecule has 0 amide bonds. The van der Waals surface area contributed by atoms with E-state index in [2.05, 4.69) is 35.1 Å². The summed E-state index contributed by atoms with van der Waals surface area (Å²) in [5, 5.41) is 3.50. The Hall–Kier alpha value is -0.410. The maximum absolute atomic E-state index is 13.7. The molecule has 0 bridgehead atoms. The van der Waals surface area contributed by atoms with Gasteiger partial charge >= 0.3 is 0 Å². The van der Waals surface area contributed by atoms with Gasteiger partial charge in [-0.1, -0.05) is 42.3 Å². The summed E-state index contributed by atoms with van der Waals surface area (Å²) in [4.78, 5) is 0. The first-order valence-electron chi connectivity index (χ1n) is 6.64. The van der Waals surface area contributed by atoms with Gasteiger partial charge in [0.15, 0.2) is 0 Å². The van der Waals surface area contributed by atoms with Gasteiger partial charge in [-0.05, 0) is 36.8 Å². The first kappa shape index (κ1) is 14.0. The minimum Gasteiger partial charge on any atom is -0.310 e. The number of hydrogen-bond donors (Lipinski definition) is 1. The fourth-order valence-corrected chi connectivity index (χ4v) is 3.12. The molecule has 0 saturated heterocycles. The lowest BCUT2D eigenvalue weighted by Gasteiger charge is -2.35. The molecule has 0 radical (unpaired) electrons. The van der Waals surface area contributed by atoms with Crippen molar-refractivity contribution < 1.29 is 4.39 Å². The number of halogens is 2. The predicted molar refractivity (Wildman–Crippen MR) is 77.0 cm³/mol. The van der Waals surface area contributed by atoms with Gasteiger partial charge in [0, 0.05) is 22.6 Å². The highest BCUT2D eigenvalue weighted by Gasteiger charge is 2.27. The van der Waals surface area contributed by atoms with Crippen molar-refractivity contribution in [2.75, 3.05) is 0 Å². The third-order valence-electron chi connectivity index (χ3n) is 3.80. The van der Waals surface area contributed by atoms with Crippen LogP contribution in [0, 0.1) is 11.2 Å². The van der Waals surface area contributed by atoms with Gasteiger partial charge in [0.2, 0.25) is 0 Å². The lowest BCUT2D eigenvalue weighted by molar-refractivity contribution is 0.197. The van der Waals surface area contributed by atoms with Crippen molar-refractivity contribution in [3.8, 4) is 0 Å². The van der Waals surface area contributed by atoms with Gasteiger partial charge in [-0.15, -0.1) is 0 Å². The van der Waals surface area contributed by atoms with Crippen LogP contribution in [-0.2, 0) is 6.54 Å². The fourth-order valence-electron chi connectivity index (χ4n) is 2.79. The molecule has 100 valence electrons. The van der Waals surface area contributed by atoms with Crippen LogP contribution < -0.4 is 5.32 Å². The van der Waals surface area contributed by atoms with Crippen LogP contribution in [-0.4, -0.2) is 6.04 Å². The van der Waals surface area contributed by atoms with Crippen LogP contribution in [0.1, 0.15) is 45.1 Å². The zero-order valence-electron chi connectivity index (χ0n) is 11.1. The summed E-state index contributed by atoms with van der Waals surface area (Å²) >= 11 is 3.28. The highest BCUT2D eigenvalue weighted by Crippen LogP contribution is 2.35. The molecule has 1 atom stereocenters. The fraction of sp³-hybridized carbons (Fsp3) is 0.600. The number of hydrogen-bond acceptors (Lipinski definition) is 1. The van der Waals surface area contributed by atoms with Crippen molar-refractivity contribution >= 4 is 15.9 Å². The average molecular weight is 314 g/mol. The zero-order chi connectivity index (χ0) is 13.2. The molecule has 0 aromatic heterocycles. The molecule has 1 aliphatic rings. The van der Waals surface area contributed by atoms with E-state index in [1.54, 1.807) is 0 Å². The Morgan fingerprint density at radius 1 is 1.44 bits per heavy atom. The van der Waals surface area contributed by atoms with E-state index in [0.717, 1.165) is 10.0 Å². The first-order chi connectivity index (χ1) is 8.46. The number of rotatable bonds is 3. The third-order valence-corrected chi connectivity index (χ3v) is 4.29. The summed E-state index contributed by atoms with van der Waals surface area (Å²) in [6.45, 7) is 5.27. The third kappa shape index (κ3) is 3.79. The summed E-state index contributed by atoms with van der Waals surface area (Å²) in [5.74, 6) is -0.132. The van der Waals surface area contributed by atoms with E-state index in [0.29, 0.717) is 18.0 Å². The quantitative estimate of drug-likeness (QED) is 0.856. The Bertz CT molecular complexity index is 417. The predicted octanol–water partition coefficient (Wildman–Crippen LogP) is 4.65. The van der Waals surface area contributed by atoms with E-state index in [1.807, 2.05) is 12.1 Å². The van der Waals surface area contributed by atoms with Gasteiger partial charge in [-0.25, -0.2) is 4.39 Å². The van der Waals surface area contributed by atoms with Crippen LogP contribution in [0.4, 0.5) is 4.39 Å². The largest absolute Gasteiger partial charge is 0.310 e. The van der Waals surface area contributed by atoms with Crippen molar-refractivity contribution in [2.24, 2.45) is 5.41 Å². The molecular weight excluding hydrogens is 293 g/mol. The molecule has 1 aliphatic carbocycles. The highest BCUT2D eigenvalue weighted by atomic mass is 79.9. The van der Waals surface area contributed by atoms with Crippen LogP contribution in [0.15, 0.2) is 22.7 Å².